The van der Waals surface area contributed by atoms with E-state index in [1.807, 2.05) is 0 Å². The first-order chi connectivity index (χ1) is 10.7. The highest BCUT2D eigenvalue weighted by Crippen LogP contribution is 1.86. The lowest BCUT2D eigenvalue weighted by atomic mass is 10.3. The number of hydrogen-bond donors (Lipinski definition) is 6. The van der Waals surface area contributed by atoms with Crippen LogP contribution in [0.4, 0.5) is 0 Å². The van der Waals surface area contributed by atoms with Crippen LogP contribution in [-0.4, -0.2) is 80.9 Å². The summed E-state index contributed by atoms with van der Waals surface area (Å²) in [6.07, 6.45) is -1.19. The van der Waals surface area contributed by atoms with Crippen molar-refractivity contribution in [1.82, 2.24) is 0 Å². The minimum atomic E-state index is -1.08. The number of aliphatic carboxylic acids is 4. The Hall–Kier alpha value is -2.24. The number of aliphatic hydroxyl groups excluding tert-OH is 2. The molecule has 0 aromatic heterocycles. The van der Waals surface area contributed by atoms with E-state index in [1.165, 1.54) is 0 Å². The molecule has 11 heteroatoms. The first-order valence-electron chi connectivity index (χ1n) is 6.33. The highest BCUT2D eigenvalue weighted by atomic mass is 16.5. The lowest BCUT2D eigenvalue weighted by molar-refractivity contribution is -0.143. The maximum Gasteiger partial charge on any atom is 0.303 e. The number of aliphatic hydroxyl groups is 2. The standard InChI is InChI=1S/2C4H6O4.C4H10O3/c2*5-3(6)1-2-4(7)8;5-1-3-7-4-2-6/h2*1-2H2,(H,5,6)(H,7,8);5-6H,1-4H2. The van der Waals surface area contributed by atoms with Gasteiger partial charge in [-0.15, -0.1) is 0 Å². The van der Waals surface area contributed by atoms with Gasteiger partial charge in [-0.25, -0.2) is 0 Å². The molecule has 6 N–H and O–H groups in total. The number of hydrogen-bond acceptors (Lipinski definition) is 7. The Kier molecular flexibility index (Phi) is 22.1. The van der Waals surface area contributed by atoms with Crippen molar-refractivity contribution in [2.45, 2.75) is 25.7 Å². The van der Waals surface area contributed by atoms with Gasteiger partial charge in [0.15, 0.2) is 0 Å². The highest BCUT2D eigenvalue weighted by molar-refractivity contribution is 5.75. The molecule has 0 unspecified atom stereocenters. The minimum absolute atomic E-state index is 0.0278. The third-order valence-electron chi connectivity index (χ3n) is 1.58. The van der Waals surface area contributed by atoms with Crippen molar-refractivity contribution >= 4 is 23.9 Å². The number of ether oxygens (including phenoxy) is 1. The second-order valence-corrected chi connectivity index (χ2v) is 3.63. The highest BCUT2D eigenvalue weighted by Gasteiger charge is 2.01. The molecule has 0 aliphatic carbocycles. The van der Waals surface area contributed by atoms with Crippen molar-refractivity contribution in [3.8, 4) is 0 Å². The molecular formula is C12H22O11. The zero-order valence-corrected chi connectivity index (χ0v) is 12.4. The third kappa shape index (κ3) is 45.1. The quantitative estimate of drug-likeness (QED) is 0.262. The average molecular weight is 342 g/mol. The summed E-state index contributed by atoms with van der Waals surface area (Å²) in [4.78, 5) is 38.6. The van der Waals surface area contributed by atoms with Crippen LogP contribution in [0.2, 0.25) is 0 Å². The zero-order valence-electron chi connectivity index (χ0n) is 12.4. The summed E-state index contributed by atoms with van der Waals surface area (Å²) in [6.45, 7) is 0.696. The normalized spacial score (nSPS) is 8.78. The van der Waals surface area contributed by atoms with Crippen LogP contribution >= 0.6 is 0 Å². The van der Waals surface area contributed by atoms with E-state index in [1.54, 1.807) is 0 Å². The van der Waals surface area contributed by atoms with Crippen molar-refractivity contribution in [3.63, 3.8) is 0 Å². The fourth-order valence-corrected chi connectivity index (χ4v) is 0.659. The summed E-state index contributed by atoms with van der Waals surface area (Å²) in [5.41, 5.74) is 0. The molecule has 0 fully saturated rings. The van der Waals surface area contributed by atoms with Gasteiger partial charge in [0.05, 0.1) is 52.1 Å². The van der Waals surface area contributed by atoms with Gasteiger partial charge in [0.25, 0.3) is 0 Å². The summed E-state index contributed by atoms with van der Waals surface area (Å²) in [5.74, 6) is -4.31. The molecule has 0 aromatic carbocycles. The molecule has 0 saturated heterocycles. The number of carbonyl (C=O) groups is 4. The first-order valence-corrected chi connectivity index (χ1v) is 6.33. The van der Waals surface area contributed by atoms with Crippen LogP contribution in [0.1, 0.15) is 25.7 Å². The van der Waals surface area contributed by atoms with Gasteiger partial charge in [-0.1, -0.05) is 0 Å². The maximum atomic E-state index is 9.64. The second-order valence-electron chi connectivity index (χ2n) is 3.63. The first kappa shape index (κ1) is 25.7. The van der Waals surface area contributed by atoms with E-state index in [0.29, 0.717) is 13.2 Å². The molecule has 0 radical (unpaired) electrons. The molecule has 0 amide bonds. The molecular weight excluding hydrogens is 320 g/mol. The van der Waals surface area contributed by atoms with E-state index in [4.69, 9.17) is 30.6 Å². The van der Waals surface area contributed by atoms with Gasteiger partial charge in [-0.05, 0) is 0 Å². The molecule has 0 aromatic rings. The molecule has 0 aliphatic heterocycles. The fraction of sp³-hybridized carbons (Fsp3) is 0.667. The van der Waals surface area contributed by atoms with E-state index in [9.17, 15) is 19.2 Å². The van der Waals surface area contributed by atoms with Crippen LogP contribution in [0.25, 0.3) is 0 Å². The molecule has 0 bridgehead atoms. The Morgan fingerprint density at radius 3 is 0.913 bits per heavy atom. The molecule has 23 heavy (non-hydrogen) atoms. The van der Waals surface area contributed by atoms with Crippen molar-refractivity contribution in [3.05, 3.63) is 0 Å². The Bertz CT molecular complexity index is 280. The Morgan fingerprint density at radius 1 is 0.565 bits per heavy atom. The molecule has 0 rings (SSSR count). The van der Waals surface area contributed by atoms with Gasteiger partial charge in [0.1, 0.15) is 0 Å². The van der Waals surface area contributed by atoms with E-state index >= 15 is 0 Å². The molecule has 0 heterocycles. The lowest BCUT2D eigenvalue weighted by Crippen LogP contribution is -2.03. The fourth-order valence-electron chi connectivity index (χ4n) is 0.659. The van der Waals surface area contributed by atoms with Gasteiger partial charge in [-0.3, -0.25) is 19.2 Å². The van der Waals surface area contributed by atoms with Gasteiger partial charge in [-0.2, -0.15) is 0 Å². The van der Waals surface area contributed by atoms with Crippen molar-refractivity contribution < 1.29 is 54.6 Å². The summed E-state index contributed by atoms with van der Waals surface area (Å²) < 4.78 is 4.63. The summed E-state index contributed by atoms with van der Waals surface area (Å²) in [5, 5.41) is 47.8. The number of rotatable bonds is 10. The smallest absolute Gasteiger partial charge is 0.303 e. The number of carboxylic acid groups (broad SMARTS) is 4. The van der Waals surface area contributed by atoms with Crippen LogP contribution in [0.5, 0.6) is 0 Å². The van der Waals surface area contributed by atoms with Crippen molar-refractivity contribution in [2.24, 2.45) is 0 Å². The molecule has 0 spiro atoms. The van der Waals surface area contributed by atoms with Crippen LogP contribution in [0.3, 0.4) is 0 Å². The number of carboxylic acids is 4. The summed E-state index contributed by atoms with van der Waals surface area (Å²) in [6, 6.07) is 0. The van der Waals surface area contributed by atoms with Gasteiger partial charge >= 0.3 is 23.9 Å². The van der Waals surface area contributed by atoms with Crippen LogP contribution < -0.4 is 0 Å². The third-order valence-corrected chi connectivity index (χ3v) is 1.58. The average Bonchev–Trinajstić information content (AvgIpc) is 2.45. The Balaban J connectivity index is -0.000000262. The zero-order chi connectivity index (χ0) is 18.7. The molecule has 11 nitrogen and oxygen atoms in total. The van der Waals surface area contributed by atoms with Crippen LogP contribution in [-0.2, 0) is 23.9 Å². The van der Waals surface area contributed by atoms with Crippen LogP contribution in [0.15, 0.2) is 0 Å². The van der Waals surface area contributed by atoms with Gasteiger partial charge in [0.2, 0.25) is 0 Å². The van der Waals surface area contributed by atoms with Gasteiger partial charge < -0.3 is 35.4 Å². The van der Waals surface area contributed by atoms with Gasteiger partial charge in [0, 0.05) is 0 Å². The topological polar surface area (TPSA) is 199 Å². The predicted octanol–water partition coefficient (Wildman–Crippen LogP) is -1.14. The second kappa shape index (κ2) is 19.8. The monoisotopic (exact) mass is 342 g/mol. The van der Waals surface area contributed by atoms with E-state index in [0.717, 1.165) is 0 Å². The van der Waals surface area contributed by atoms with E-state index in [-0.39, 0.29) is 38.9 Å². The summed E-state index contributed by atoms with van der Waals surface area (Å²) >= 11 is 0. The van der Waals surface area contributed by atoms with E-state index in [2.05, 4.69) is 4.74 Å². The predicted molar refractivity (Wildman–Crippen MR) is 74.0 cm³/mol. The molecule has 0 aliphatic rings. The molecule has 0 atom stereocenters. The summed E-state index contributed by atoms with van der Waals surface area (Å²) in [7, 11) is 0. The minimum Gasteiger partial charge on any atom is -0.481 e. The van der Waals surface area contributed by atoms with E-state index < -0.39 is 23.9 Å². The lowest BCUT2D eigenvalue weighted by Gasteiger charge is -1.94. The molecule has 0 saturated carbocycles. The largest absolute Gasteiger partial charge is 0.481 e. The molecule has 136 valence electrons. The maximum absolute atomic E-state index is 9.64. The SMILES string of the molecule is O=C(O)CCC(=O)O.O=C(O)CCC(=O)O.OCCOCCO. The Morgan fingerprint density at radius 2 is 0.783 bits per heavy atom. The van der Waals surface area contributed by atoms with Crippen molar-refractivity contribution in [2.75, 3.05) is 26.4 Å². The van der Waals surface area contributed by atoms with Crippen molar-refractivity contribution in [1.29, 1.82) is 0 Å². The Labute approximate surface area is 131 Å². The van der Waals surface area contributed by atoms with Crippen LogP contribution in [0, 0.1) is 0 Å².